The standard InChI is InChI=1S/C12H14ClF3O2/c1-2-17-10-6-9(4-3-5-13)7-11(8-10)18-12(14,15)16/h6-8H,2-5H2,1H3. The quantitative estimate of drug-likeness (QED) is 0.730. The summed E-state index contributed by atoms with van der Waals surface area (Å²) < 4.78 is 45.6. The highest BCUT2D eigenvalue weighted by atomic mass is 35.5. The van der Waals surface area contributed by atoms with E-state index in [9.17, 15) is 13.2 Å². The first kappa shape index (κ1) is 15.0. The minimum atomic E-state index is -4.70. The minimum absolute atomic E-state index is 0.266. The Hall–Kier alpha value is -1.10. The monoisotopic (exact) mass is 282 g/mol. The van der Waals surface area contributed by atoms with E-state index >= 15 is 0 Å². The maximum absolute atomic E-state index is 12.2. The summed E-state index contributed by atoms with van der Waals surface area (Å²) in [6.45, 7) is 2.14. The van der Waals surface area contributed by atoms with Gasteiger partial charge >= 0.3 is 6.36 Å². The number of benzene rings is 1. The third-order valence-corrected chi connectivity index (χ3v) is 2.35. The molecule has 0 aliphatic rings. The number of alkyl halides is 4. The van der Waals surface area contributed by atoms with Gasteiger partial charge in [0.25, 0.3) is 0 Å². The molecule has 0 fully saturated rings. The number of aryl methyl sites for hydroxylation is 1. The molecule has 0 aliphatic heterocycles. The third-order valence-electron chi connectivity index (χ3n) is 2.08. The Bertz CT molecular complexity index is 380. The van der Waals surface area contributed by atoms with Gasteiger partial charge in [0.1, 0.15) is 11.5 Å². The molecule has 0 radical (unpaired) electrons. The first-order valence-electron chi connectivity index (χ1n) is 5.53. The zero-order valence-electron chi connectivity index (χ0n) is 9.89. The lowest BCUT2D eigenvalue weighted by molar-refractivity contribution is -0.274. The summed E-state index contributed by atoms with van der Waals surface area (Å²) in [6.07, 6.45) is -3.43. The number of ether oxygens (including phenoxy) is 2. The smallest absolute Gasteiger partial charge is 0.494 e. The minimum Gasteiger partial charge on any atom is -0.494 e. The molecule has 1 aromatic carbocycles. The normalized spacial score (nSPS) is 11.4. The Balaban J connectivity index is 2.90. The molecule has 1 rings (SSSR count). The number of hydrogen-bond acceptors (Lipinski definition) is 2. The summed E-state index contributed by atoms with van der Waals surface area (Å²) in [7, 11) is 0. The molecule has 0 unspecified atom stereocenters. The topological polar surface area (TPSA) is 18.5 Å². The van der Waals surface area contributed by atoms with E-state index < -0.39 is 6.36 Å². The molecule has 6 heteroatoms. The van der Waals surface area contributed by atoms with Crippen LogP contribution < -0.4 is 9.47 Å². The van der Waals surface area contributed by atoms with Crippen LogP contribution in [0.1, 0.15) is 18.9 Å². The van der Waals surface area contributed by atoms with Crippen molar-refractivity contribution in [1.29, 1.82) is 0 Å². The van der Waals surface area contributed by atoms with Crippen LogP contribution in [0, 0.1) is 0 Å². The Labute approximate surface area is 109 Å². The van der Waals surface area contributed by atoms with Crippen LogP contribution in [-0.2, 0) is 6.42 Å². The fourth-order valence-electron chi connectivity index (χ4n) is 1.49. The van der Waals surface area contributed by atoms with E-state index in [1.165, 1.54) is 12.1 Å². The van der Waals surface area contributed by atoms with E-state index in [0.717, 1.165) is 0 Å². The molecule has 0 aliphatic carbocycles. The average molecular weight is 283 g/mol. The molecule has 0 bridgehead atoms. The Morgan fingerprint density at radius 3 is 2.39 bits per heavy atom. The van der Waals surface area contributed by atoms with Gasteiger partial charge in [-0.3, -0.25) is 0 Å². The summed E-state index contributed by atoms with van der Waals surface area (Å²) in [5, 5.41) is 0. The van der Waals surface area contributed by atoms with Gasteiger partial charge < -0.3 is 9.47 Å². The second-order valence-electron chi connectivity index (χ2n) is 3.59. The average Bonchev–Trinajstić information content (AvgIpc) is 2.24. The molecule has 2 nitrogen and oxygen atoms in total. The highest BCUT2D eigenvalue weighted by molar-refractivity contribution is 6.17. The van der Waals surface area contributed by atoms with Crippen molar-refractivity contribution in [1.82, 2.24) is 0 Å². The maximum Gasteiger partial charge on any atom is 0.573 e. The SMILES string of the molecule is CCOc1cc(CCCCl)cc(OC(F)(F)F)c1. The molecule has 0 saturated heterocycles. The van der Waals surface area contributed by atoms with E-state index in [4.69, 9.17) is 16.3 Å². The Morgan fingerprint density at radius 2 is 1.83 bits per heavy atom. The first-order valence-corrected chi connectivity index (χ1v) is 6.06. The number of hydrogen-bond donors (Lipinski definition) is 0. The van der Waals surface area contributed by atoms with Crippen LogP contribution in [-0.4, -0.2) is 18.8 Å². The van der Waals surface area contributed by atoms with E-state index in [-0.39, 0.29) is 5.75 Å². The van der Waals surface area contributed by atoms with Gasteiger partial charge in [0.2, 0.25) is 0 Å². The van der Waals surface area contributed by atoms with Crippen LogP contribution in [0.5, 0.6) is 11.5 Å². The molecule has 102 valence electrons. The Morgan fingerprint density at radius 1 is 1.17 bits per heavy atom. The molecular formula is C12H14ClF3O2. The highest BCUT2D eigenvalue weighted by Crippen LogP contribution is 2.28. The largest absolute Gasteiger partial charge is 0.573 e. The predicted octanol–water partition coefficient (Wildman–Crippen LogP) is 4.16. The van der Waals surface area contributed by atoms with Gasteiger partial charge in [-0.25, -0.2) is 0 Å². The number of halogens is 4. The molecule has 0 spiro atoms. The predicted molar refractivity (Wildman–Crippen MR) is 63.3 cm³/mol. The molecule has 0 atom stereocenters. The van der Waals surface area contributed by atoms with E-state index in [1.807, 2.05) is 0 Å². The maximum atomic E-state index is 12.2. The molecule has 18 heavy (non-hydrogen) atoms. The van der Waals surface area contributed by atoms with Gasteiger partial charge in [-0.05, 0) is 37.5 Å². The zero-order valence-corrected chi connectivity index (χ0v) is 10.6. The van der Waals surface area contributed by atoms with Crippen LogP contribution in [0.3, 0.4) is 0 Å². The summed E-state index contributed by atoms with van der Waals surface area (Å²) in [4.78, 5) is 0. The lowest BCUT2D eigenvalue weighted by Crippen LogP contribution is -2.17. The Kier molecular flexibility index (Phi) is 5.59. The summed E-state index contributed by atoms with van der Waals surface area (Å²) in [6, 6.07) is 4.27. The van der Waals surface area contributed by atoms with E-state index in [1.54, 1.807) is 13.0 Å². The van der Waals surface area contributed by atoms with Gasteiger partial charge in [0.05, 0.1) is 6.61 Å². The van der Waals surface area contributed by atoms with Gasteiger partial charge in [-0.15, -0.1) is 24.8 Å². The van der Waals surface area contributed by atoms with Crippen molar-refractivity contribution in [3.05, 3.63) is 23.8 Å². The number of rotatable bonds is 6. The third kappa shape index (κ3) is 5.49. The van der Waals surface area contributed by atoms with Gasteiger partial charge in [-0.1, -0.05) is 0 Å². The lowest BCUT2D eigenvalue weighted by atomic mass is 10.1. The van der Waals surface area contributed by atoms with Gasteiger partial charge in [0.15, 0.2) is 0 Å². The van der Waals surface area contributed by atoms with Crippen LogP contribution in [0.25, 0.3) is 0 Å². The molecular weight excluding hydrogens is 269 g/mol. The molecule has 0 aromatic heterocycles. The van der Waals surface area contributed by atoms with Crippen molar-refractivity contribution in [3.63, 3.8) is 0 Å². The van der Waals surface area contributed by atoms with Crippen molar-refractivity contribution < 1.29 is 22.6 Å². The highest BCUT2D eigenvalue weighted by Gasteiger charge is 2.31. The zero-order chi connectivity index (χ0) is 13.6. The second-order valence-corrected chi connectivity index (χ2v) is 3.96. The fraction of sp³-hybridized carbons (Fsp3) is 0.500. The summed E-state index contributed by atoms with van der Waals surface area (Å²) in [5.74, 6) is 0.552. The second kappa shape index (κ2) is 6.73. The van der Waals surface area contributed by atoms with Gasteiger partial charge in [0, 0.05) is 11.9 Å². The van der Waals surface area contributed by atoms with Crippen molar-refractivity contribution >= 4 is 11.6 Å². The summed E-state index contributed by atoms with van der Waals surface area (Å²) in [5.41, 5.74) is 0.709. The van der Waals surface area contributed by atoms with Crippen molar-refractivity contribution in [2.24, 2.45) is 0 Å². The van der Waals surface area contributed by atoms with E-state index in [2.05, 4.69) is 4.74 Å². The molecule has 0 saturated carbocycles. The molecule has 1 aromatic rings. The summed E-state index contributed by atoms with van der Waals surface area (Å²) >= 11 is 5.56. The molecule has 0 amide bonds. The molecule has 0 heterocycles. The van der Waals surface area contributed by atoms with Crippen LogP contribution >= 0.6 is 11.6 Å². The van der Waals surface area contributed by atoms with Crippen molar-refractivity contribution in [2.45, 2.75) is 26.1 Å². The fourth-order valence-corrected chi connectivity index (χ4v) is 1.62. The molecule has 0 N–H and O–H groups in total. The van der Waals surface area contributed by atoms with Crippen molar-refractivity contribution in [3.8, 4) is 11.5 Å². The van der Waals surface area contributed by atoms with Crippen molar-refractivity contribution in [2.75, 3.05) is 12.5 Å². The van der Waals surface area contributed by atoms with E-state index in [0.29, 0.717) is 36.6 Å². The van der Waals surface area contributed by atoms with Crippen LogP contribution in [0.4, 0.5) is 13.2 Å². The van der Waals surface area contributed by atoms with Gasteiger partial charge in [-0.2, -0.15) is 0 Å². The first-order chi connectivity index (χ1) is 8.44. The van der Waals surface area contributed by atoms with Crippen LogP contribution in [0.15, 0.2) is 18.2 Å². The van der Waals surface area contributed by atoms with Crippen LogP contribution in [0.2, 0.25) is 0 Å². The lowest BCUT2D eigenvalue weighted by Gasteiger charge is -2.12.